The number of nitrogens with one attached hydrogen (secondary N) is 1. The molecule has 0 atom stereocenters. The minimum absolute atomic E-state index is 0.505. The molecule has 3 N–H and O–H groups in total. The third-order valence-electron chi connectivity index (χ3n) is 2.97. The number of benzene rings is 1. The van der Waals surface area contributed by atoms with E-state index in [9.17, 15) is 0 Å². The molecule has 1 aromatic carbocycles. The number of nitrogen functional groups attached to an aromatic ring is 1. The monoisotopic (exact) mass is 269 g/mol. The minimum Gasteiger partial charge on any atom is -0.437 e. The molecule has 0 radical (unpaired) electrons. The number of nitrogens with zero attached hydrogens (tertiary/aromatic N) is 3. The molecule has 20 heavy (non-hydrogen) atoms. The van der Waals surface area contributed by atoms with Crippen molar-refractivity contribution in [3.63, 3.8) is 0 Å². The fourth-order valence-electron chi connectivity index (χ4n) is 1.94. The predicted octanol–water partition coefficient (Wildman–Crippen LogP) is 2.45. The summed E-state index contributed by atoms with van der Waals surface area (Å²) in [7, 11) is 1.82. The number of aryl methyl sites for hydroxylation is 1. The van der Waals surface area contributed by atoms with E-state index in [1.54, 1.807) is 22.8 Å². The second kappa shape index (κ2) is 4.73. The maximum absolute atomic E-state index is 5.78. The van der Waals surface area contributed by atoms with Crippen LogP contribution in [0.3, 0.4) is 0 Å². The van der Waals surface area contributed by atoms with Crippen molar-refractivity contribution in [3.8, 4) is 11.6 Å². The van der Waals surface area contributed by atoms with Gasteiger partial charge in [-0.25, -0.2) is 9.50 Å². The summed E-state index contributed by atoms with van der Waals surface area (Å²) >= 11 is 0. The molecule has 0 aliphatic carbocycles. The van der Waals surface area contributed by atoms with Gasteiger partial charge in [-0.05, 0) is 36.8 Å². The number of imidazole rings is 1. The molecule has 3 aromatic rings. The van der Waals surface area contributed by atoms with Gasteiger partial charge in [-0.3, -0.25) is 0 Å². The Bertz CT molecular complexity index is 765. The smallest absolute Gasteiger partial charge is 0.237 e. The van der Waals surface area contributed by atoms with E-state index in [1.165, 1.54) is 0 Å². The molecule has 0 aliphatic rings. The molecule has 6 heteroatoms. The average Bonchev–Trinajstić information content (AvgIpc) is 2.84. The Morgan fingerprint density at radius 1 is 1.25 bits per heavy atom. The van der Waals surface area contributed by atoms with Crippen molar-refractivity contribution < 1.29 is 4.74 Å². The van der Waals surface area contributed by atoms with Gasteiger partial charge in [0.2, 0.25) is 5.88 Å². The summed E-state index contributed by atoms with van der Waals surface area (Å²) in [5.41, 5.74) is 8.16. The normalized spacial score (nSPS) is 10.7. The van der Waals surface area contributed by atoms with Crippen LogP contribution in [0.1, 0.15) is 5.56 Å². The first-order valence-electron chi connectivity index (χ1n) is 6.24. The topological polar surface area (TPSA) is 77.5 Å². The third kappa shape index (κ3) is 2.23. The van der Waals surface area contributed by atoms with Crippen LogP contribution in [0.25, 0.3) is 5.65 Å². The molecule has 0 saturated carbocycles. The summed E-state index contributed by atoms with van der Waals surface area (Å²) in [5, 5.41) is 7.34. The van der Waals surface area contributed by atoms with Gasteiger partial charge in [0.15, 0.2) is 5.65 Å². The summed E-state index contributed by atoms with van der Waals surface area (Å²) in [5.74, 6) is 2.00. The molecule has 6 nitrogen and oxygen atoms in total. The van der Waals surface area contributed by atoms with Gasteiger partial charge in [-0.15, -0.1) is 5.10 Å². The summed E-state index contributed by atoms with van der Waals surface area (Å²) in [4.78, 5) is 4.33. The molecule has 0 aliphatic heterocycles. The lowest BCUT2D eigenvalue weighted by atomic mass is 10.2. The summed E-state index contributed by atoms with van der Waals surface area (Å²) in [6.45, 7) is 1.94. The first-order chi connectivity index (χ1) is 9.65. The Morgan fingerprint density at radius 3 is 2.85 bits per heavy atom. The van der Waals surface area contributed by atoms with E-state index in [2.05, 4.69) is 15.4 Å². The number of ether oxygens (including phenoxy) is 1. The van der Waals surface area contributed by atoms with Gasteiger partial charge in [0, 0.05) is 18.8 Å². The van der Waals surface area contributed by atoms with Gasteiger partial charge >= 0.3 is 0 Å². The maximum atomic E-state index is 5.78. The molecule has 102 valence electrons. The highest BCUT2D eigenvalue weighted by Gasteiger charge is 2.06. The van der Waals surface area contributed by atoms with E-state index in [-0.39, 0.29) is 0 Å². The Balaban J connectivity index is 1.93. The fraction of sp³-hybridized carbons (Fsp3) is 0.143. The van der Waals surface area contributed by atoms with Gasteiger partial charge in [0.05, 0.1) is 6.20 Å². The molecule has 2 aromatic heterocycles. The number of nitrogens with two attached hydrogens (primary N) is 1. The average molecular weight is 269 g/mol. The van der Waals surface area contributed by atoms with Crippen molar-refractivity contribution in [2.75, 3.05) is 18.1 Å². The van der Waals surface area contributed by atoms with Gasteiger partial charge in [0.1, 0.15) is 11.6 Å². The van der Waals surface area contributed by atoms with Crippen molar-refractivity contribution >= 4 is 17.2 Å². The van der Waals surface area contributed by atoms with E-state index in [1.807, 2.05) is 32.2 Å². The summed E-state index contributed by atoms with van der Waals surface area (Å²) in [6, 6.07) is 9.15. The molecule has 3 rings (SSSR count). The zero-order valence-electron chi connectivity index (χ0n) is 11.3. The third-order valence-corrected chi connectivity index (χ3v) is 2.97. The number of hydrogen-bond acceptors (Lipinski definition) is 5. The minimum atomic E-state index is 0.505. The first kappa shape index (κ1) is 12.3. The lowest BCUT2D eigenvalue weighted by molar-refractivity contribution is 0.449. The zero-order valence-corrected chi connectivity index (χ0v) is 11.3. The van der Waals surface area contributed by atoms with Gasteiger partial charge in [-0.2, -0.15) is 0 Å². The van der Waals surface area contributed by atoms with Crippen LogP contribution in [0.5, 0.6) is 11.6 Å². The van der Waals surface area contributed by atoms with Crippen molar-refractivity contribution in [2.45, 2.75) is 6.92 Å². The van der Waals surface area contributed by atoms with E-state index in [0.29, 0.717) is 11.6 Å². The van der Waals surface area contributed by atoms with E-state index in [0.717, 1.165) is 22.8 Å². The second-order valence-electron chi connectivity index (χ2n) is 4.48. The molecular formula is C14H15N5O. The van der Waals surface area contributed by atoms with Crippen LogP contribution in [0.15, 0.2) is 36.5 Å². The predicted molar refractivity (Wildman–Crippen MR) is 78.2 cm³/mol. The first-order valence-corrected chi connectivity index (χ1v) is 6.24. The Labute approximate surface area is 116 Å². The molecule has 0 amide bonds. The van der Waals surface area contributed by atoms with E-state index >= 15 is 0 Å². The molecule has 0 bridgehead atoms. The van der Waals surface area contributed by atoms with Gasteiger partial charge in [-0.1, -0.05) is 0 Å². The lowest BCUT2D eigenvalue weighted by Gasteiger charge is -2.08. The molecular weight excluding hydrogens is 254 g/mol. The van der Waals surface area contributed by atoms with Gasteiger partial charge in [0.25, 0.3) is 0 Å². The number of rotatable bonds is 3. The number of aromatic nitrogens is 3. The van der Waals surface area contributed by atoms with Crippen LogP contribution in [0.2, 0.25) is 0 Å². The van der Waals surface area contributed by atoms with E-state index in [4.69, 9.17) is 10.5 Å². The number of anilines is 2. The van der Waals surface area contributed by atoms with Gasteiger partial charge < -0.3 is 15.8 Å². The SMILES string of the molecule is CNc1cn2nc(Oc3ccc(N)cc3C)ccc2n1. The molecule has 0 fully saturated rings. The highest BCUT2D eigenvalue weighted by molar-refractivity contribution is 5.50. The van der Waals surface area contributed by atoms with Crippen LogP contribution in [-0.2, 0) is 0 Å². The van der Waals surface area contributed by atoms with Crippen molar-refractivity contribution in [1.29, 1.82) is 0 Å². The Kier molecular flexibility index (Phi) is 2.90. The quantitative estimate of drug-likeness (QED) is 0.714. The Hall–Kier alpha value is -2.76. The van der Waals surface area contributed by atoms with Crippen molar-refractivity contribution in [2.24, 2.45) is 0 Å². The highest BCUT2D eigenvalue weighted by atomic mass is 16.5. The summed E-state index contributed by atoms with van der Waals surface area (Å²) < 4.78 is 7.45. The molecule has 0 unspecified atom stereocenters. The van der Waals surface area contributed by atoms with Crippen molar-refractivity contribution in [3.05, 3.63) is 42.1 Å². The maximum Gasteiger partial charge on any atom is 0.237 e. The van der Waals surface area contributed by atoms with E-state index < -0.39 is 0 Å². The largest absolute Gasteiger partial charge is 0.437 e. The van der Waals surface area contributed by atoms with Crippen LogP contribution < -0.4 is 15.8 Å². The van der Waals surface area contributed by atoms with Crippen molar-refractivity contribution in [1.82, 2.24) is 14.6 Å². The standard InChI is InChI=1S/C14H15N5O/c1-9-7-10(15)3-4-11(9)20-14-6-5-13-17-12(16-2)8-19(13)18-14/h3-8,16H,15H2,1-2H3. The summed E-state index contributed by atoms with van der Waals surface area (Å²) in [6.07, 6.45) is 1.80. The second-order valence-corrected chi connectivity index (χ2v) is 4.48. The van der Waals surface area contributed by atoms with Crippen LogP contribution in [0.4, 0.5) is 11.5 Å². The van der Waals surface area contributed by atoms with Crippen LogP contribution in [-0.4, -0.2) is 21.6 Å². The fourth-order valence-corrected chi connectivity index (χ4v) is 1.94. The lowest BCUT2D eigenvalue weighted by Crippen LogP contribution is -1.96. The van der Waals surface area contributed by atoms with Crippen LogP contribution >= 0.6 is 0 Å². The molecule has 0 saturated heterocycles. The Morgan fingerprint density at radius 2 is 2.10 bits per heavy atom. The highest BCUT2D eigenvalue weighted by Crippen LogP contribution is 2.25. The number of fused-ring (bicyclic) bond motifs is 1. The zero-order chi connectivity index (χ0) is 14.1. The molecule has 2 heterocycles. The number of hydrogen-bond donors (Lipinski definition) is 2. The van der Waals surface area contributed by atoms with Crippen LogP contribution in [0, 0.1) is 6.92 Å². The molecule has 0 spiro atoms.